The van der Waals surface area contributed by atoms with E-state index in [1.54, 1.807) is 6.20 Å². The van der Waals surface area contributed by atoms with Crippen LogP contribution in [0.25, 0.3) is 16.5 Å². The molecule has 1 aliphatic rings. The van der Waals surface area contributed by atoms with Crippen molar-refractivity contribution in [1.29, 1.82) is 0 Å². The lowest BCUT2D eigenvalue weighted by Crippen LogP contribution is -2.36. The van der Waals surface area contributed by atoms with Gasteiger partial charge in [0.05, 0.1) is 17.1 Å². The fourth-order valence-corrected chi connectivity index (χ4v) is 4.05. The van der Waals surface area contributed by atoms with E-state index >= 15 is 0 Å². The number of thiophene rings is 1. The summed E-state index contributed by atoms with van der Waals surface area (Å²) in [7, 11) is 0. The van der Waals surface area contributed by atoms with E-state index in [0.29, 0.717) is 18.3 Å². The van der Waals surface area contributed by atoms with Crippen molar-refractivity contribution in [2.75, 3.05) is 6.61 Å². The molecule has 8 heteroatoms. The molecule has 3 heterocycles. The molecule has 1 aliphatic carbocycles. The van der Waals surface area contributed by atoms with E-state index in [1.165, 1.54) is 11.3 Å². The summed E-state index contributed by atoms with van der Waals surface area (Å²) in [5.74, 6) is 2.68. The first-order valence-corrected chi connectivity index (χ1v) is 9.41. The maximum atomic E-state index is 6.15. The Labute approximate surface area is 154 Å². The van der Waals surface area contributed by atoms with Crippen LogP contribution in [-0.2, 0) is 0 Å². The Morgan fingerprint density at radius 1 is 1.28 bits per heavy atom. The molecule has 0 aromatic carbocycles. The van der Waals surface area contributed by atoms with E-state index in [9.17, 15) is 0 Å². The standard InChI is InChI=1S/C17H18ClN5OS/c1-2-24-12-3-4-13(20-9-12)17-22-21-16(10-7-11(19)8-10)23(17)15-6-5-14(18)25-15/h3-6,9-11H,2,7-8,19H2,1H3/t10-,11-. The lowest BCUT2D eigenvalue weighted by Gasteiger charge is -2.31. The smallest absolute Gasteiger partial charge is 0.187 e. The van der Waals surface area contributed by atoms with Gasteiger partial charge in [-0.1, -0.05) is 11.6 Å². The Hall–Kier alpha value is -1.96. The molecule has 0 unspecified atom stereocenters. The highest BCUT2D eigenvalue weighted by Gasteiger charge is 2.33. The minimum Gasteiger partial charge on any atom is -0.492 e. The van der Waals surface area contributed by atoms with E-state index in [1.807, 2.05) is 31.2 Å². The number of aromatic nitrogens is 4. The number of nitrogens with two attached hydrogens (primary N) is 1. The molecular formula is C17H18ClN5OS. The van der Waals surface area contributed by atoms with Gasteiger partial charge in [0.25, 0.3) is 0 Å². The first kappa shape index (κ1) is 16.5. The van der Waals surface area contributed by atoms with Gasteiger partial charge in [0.2, 0.25) is 0 Å². The average Bonchev–Trinajstić information content (AvgIpc) is 3.19. The van der Waals surface area contributed by atoms with Gasteiger partial charge < -0.3 is 10.5 Å². The lowest BCUT2D eigenvalue weighted by molar-refractivity contribution is 0.335. The van der Waals surface area contributed by atoms with Crippen LogP contribution in [0.4, 0.5) is 0 Å². The number of hydrogen-bond donors (Lipinski definition) is 1. The van der Waals surface area contributed by atoms with Crippen LogP contribution in [-0.4, -0.2) is 32.4 Å². The van der Waals surface area contributed by atoms with Crippen molar-refractivity contribution in [3.63, 3.8) is 0 Å². The zero-order valence-corrected chi connectivity index (χ0v) is 15.3. The summed E-state index contributed by atoms with van der Waals surface area (Å²) in [6.45, 7) is 2.55. The average molecular weight is 376 g/mol. The van der Waals surface area contributed by atoms with Gasteiger partial charge in [-0.05, 0) is 44.0 Å². The highest BCUT2D eigenvalue weighted by Crippen LogP contribution is 2.39. The predicted octanol–water partition coefficient (Wildman–Crippen LogP) is 3.65. The summed E-state index contributed by atoms with van der Waals surface area (Å²) in [5, 5.41) is 9.83. The summed E-state index contributed by atoms with van der Waals surface area (Å²) in [6, 6.07) is 7.90. The van der Waals surface area contributed by atoms with Crippen LogP contribution in [0, 0.1) is 0 Å². The van der Waals surface area contributed by atoms with Crippen LogP contribution in [0.2, 0.25) is 4.34 Å². The number of rotatable bonds is 5. The number of nitrogens with zero attached hydrogens (tertiary/aromatic N) is 4. The van der Waals surface area contributed by atoms with Crippen molar-refractivity contribution in [2.45, 2.75) is 31.7 Å². The molecule has 0 atom stereocenters. The molecule has 2 N–H and O–H groups in total. The Morgan fingerprint density at radius 2 is 2.12 bits per heavy atom. The van der Waals surface area contributed by atoms with Crippen molar-refractivity contribution in [3.05, 3.63) is 40.6 Å². The van der Waals surface area contributed by atoms with Crippen molar-refractivity contribution in [2.24, 2.45) is 5.73 Å². The first-order chi connectivity index (χ1) is 12.2. The third kappa shape index (κ3) is 3.15. The SMILES string of the molecule is CCOc1ccc(-c2nnc([C@H]3C[C@H](N)C3)n2-c2ccc(Cl)s2)nc1. The molecule has 0 amide bonds. The Balaban J connectivity index is 1.76. The fraction of sp³-hybridized carbons (Fsp3) is 0.353. The molecule has 6 nitrogen and oxygen atoms in total. The zero-order valence-electron chi connectivity index (χ0n) is 13.7. The first-order valence-electron chi connectivity index (χ1n) is 8.21. The molecule has 0 bridgehead atoms. The van der Waals surface area contributed by atoms with E-state index in [4.69, 9.17) is 22.1 Å². The second kappa shape index (κ2) is 6.74. The highest BCUT2D eigenvalue weighted by atomic mass is 35.5. The maximum Gasteiger partial charge on any atom is 0.187 e. The fourth-order valence-electron chi connectivity index (χ4n) is 3.01. The van der Waals surface area contributed by atoms with Crippen LogP contribution < -0.4 is 10.5 Å². The van der Waals surface area contributed by atoms with Crippen molar-refractivity contribution in [3.8, 4) is 22.3 Å². The summed E-state index contributed by atoms with van der Waals surface area (Å²) in [4.78, 5) is 4.49. The summed E-state index contributed by atoms with van der Waals surface area (Å²) < 4.78 is 8.24. The van der Waals surface area contributed by atoms with Crippen molar-refractivity contribution < 1.29 is 4.74 Å². The van der Waals surface area contributed by atoms with Gasteiger partial charge in [0.1, 0.15) is 22.3 Å². The monoisotopic (exact) mass is 375 g/mol. The van der Waals surface area contributed by atoms with Crippen LogP contribution in [0.15, 0.2) is 30.5 Å². The molecule has 0 saturated heterocycles. The molecule has 4 rings (SSSR count). The highest BCUT2D eigenvalue weighted by molar-refractivity contribution is 7.18. The molecule has 3 aromatic heterocycles. The van der Waals surface area contributed by atoms with Gasteiger partial charge >= 0.3 is 0 Å². The van der Waals surface area contributed by atoms with Gasteiger partial charge in [-0.2, -0.15) is 0 Å². The van der Waals surface area contributed by atoms with Crippen molar-refractivity contribution >= 4 is 22.9 Å². The van der Waals surface area contributed by atoms with E-state index in [0.717, 1.165) is 39.4 Å². The number of halogens is 1. The second-order valence-electron chi connectivity index (χ2n) is 6.04. The molecule has 25 heavy (non-hydrogen) atoms. The number of pyridine rings is 1. The minimum absolute atomic E-state index is 0.245. The molecule has 1 fully saturated rings. The Morgan fingerprint density at radius 3 is 2.72 bits per heavy atom. The van der Waals surface area contributed by atoms with Crippen LogP contribution in [0.3, 0.4) is 0 Å². The molecular weight excluding hydrogens is 358 g/mol. The molecule has 0 radical (unpaired) electrons. The van der Waals surface area contributed by atoms with E-state index in [-0.39, 0.29) is 6.04 Å². The van der Waals surface area contributed by atoms with Gasteiger partial charge in [-0.15, -0.1) is 21.5 Å². The predicted molar refractivity (Wildman–Crippen MR) is 98.6 cm³/mol. The van der Waals surface area contributed by atoms with E-state index in [2.05, 4.69) is 19.7 Å². The van der Waals surface area contributed by atoms with Gasteiger partial charge in [0.15, 0.2) is 5.82 Å². The van der Waals surface area contributed by atoms with Gasteiger partial charge in [-0.3, -0.25) is 4.57 Å². The second-order valence-corrected chi connectivity index (χ2v) is 7.73. The third-order valence-corrected chi connectivity index (χ3v) is 5.50. The van der Waals surface area contributed by atoms with Crippen LogP contribution >= 0.6 is 22.9 Å². The normalized spacial score (nSPS) is 19.6. The molecule has 0 aliphatic heterocycles. The van der Waals surface area contributed by atoms with Gasteiger partial charge in [-0.25, -0.2) is 4.98 Å². The quantitative estimate of drug-likeness (QED) is 0.736. The largest absolute Gasteiger partial charge is 0.492 e. The summed E-state index contributed by atoms with van der Waals surface area (Å²) in [6.07, 6.45) is 3.56. The topological polar surface area (TPSA) is 78.9 Å². The maximum absolute atomic E-state index is 6.15. The van der Waals surface area contributed by atoms with Crippen LogP contribution in [0.1, 0.15) is 31.5 Å². The number of ether oxygens (including phenoxy) is 1. The Bertz CT molecular complexity index is 870. The van der Waals surface area contributed by atoms with E-state index < -0.39 is 0 Å². The van der Waals surface area contributed by atoms with Gasteiger partial charge in [0, 0.05) is 12.0 Å². The molecule has 3 aromatic rings. The molecule has 130 valence electrons. The number of hydrogen-bond acceptors (Lipinski definition) is 6. The third-order valence-electron chi connectivity index (χ3n) is 4.28. The molecule has 1 saturated carbocycles. The Kier molecular flexibility index (Phi) is 4.45. The van der Waals surface area contributed by atoms with Crippen molar-refractivity contribution in [1.82, 2.24) is 19.7 Å². The minimum atomic E-state index is 0.245. The van der Waals surface area contributed by atoms with Crippen LogP contribution in [0.5, 0.6) is 5.75 Å². The lowest BCUT2D eigenvalue weighted by atomic mass is 9.80. The summed E-state index contributed by atoms with van der Waals surface area (Å²) >= 11 is 7.64. The molecule has 0 spiro atoms. The summed E-state index contributed by atoms with van der Waals surface area (Å²) in [5.41, 5.74) is 6.71. The zero-order chi connectivity index (χ0) is 17.4.